The number of aryl methyl sites for hydroxylation is 3. The summed E-state index contributed by atoms with van der Waals surface area (Å²) in [6.45, 7) is 9.57. The molecular weight excluding hydrogens is 246 g/mol. The summed E-state index contributed by atoms with van der Waals surface area (Å²) in [4.78, 5) is 14.5. The lowest BCUT2D eigenvalue weighted by Crippen LogP contribution is -2.42. The number of hydrogen-bond acceptors (Lipinski definition) is 1. The SMILES string of the molecule is Cc1cc(C)c(CCC(=O)N2CCCC[C@@H]2C)c(C)c1. The van der Waals surface area contributed by atoms with E-state index in [1.54, 1.807) is 0 Å². The van der Waals surface area contributed by atoms with Gasteiger partial charge in [0.1, 0.15) is 0 Å². The summed E-state index contributed by atoms with van der Waals surface area (Å²) in [5.41, 5.74) is 5.30. The molecule has 2 rings (SSSR count). The molecule has 2 heteroatoms. The minimum atomic E-state index is 0.330. The summed E-state index contributed by atoms with van der Waals surface area (Å²) in [6, 6.07) is 4.86. The zero-order valence-electron chi connectivity index (χ0n) is 13.3. The van der Waals surface area contributed by atoms with Crippen LogP contribution in [-0.4, -0.2) is 23.4 Å². The fourth-order valence-electron chi connectivity index (χ4n) is 3.45. The van der Waals surface area contributed by atoms with Crippen molar-refractivity contribution >= 4 is 5.91 Å². The molecule has 20 heavy (non-hydrogen) atoms. The van der Waals surface area contributed by atoms with Crippen molar-refractivity contribution in [2.24, 2.45) is 0 Å². The average molecular weight is 273 g/mol. The standard InChI is InChI=1S/C18H27NO/c1-13-11-14(2)17(15(3)12-13)8-9-18(20)19-10-6-5-7-16(19)4/h11-12,16H,5-10H2,1-4H3/t16-/m0/s1. The highest BCUT2D eigenvalue weighted by Crippen LogP contribution is 2.21. The minimum absolute atomic E-state index is 0.330. The fraction of sp³-hybridized carbons (Fsp3) is 0.611. The van der Waals surface area contributed by atoms with Gasteiger partial charge in [-0.1, -0.05) is 17.7 Å². The van der Waals surface area contributed by atoms with Crippen molar-refractivity contribution in [1.82, 2.24) is 4.90 Å². The van der Waals surface area contributed by atoms with E-state index in [2.05, 4.69) is 44.7 Å². The molecule has 0 N–H and O–H groups in total. The van der Waals surface area contributed by atoms with Crippen molar-refractivity contribution in [3.8, 4) is 0 Å². The van der Waals surface area contributed by atoms with Crippen LogP contribution in [0.5, 0.6) is 0 Å². The van der Waals surface area contributed by atoms with E-state index in [1.165, 1.54) is 35.1 Å². The molecule has 0 aliphatic carbocycles. The molecule has 1 atom stereocenters. The quantitative estimate of drug-likeness (QED) is 0.816. The third-order valence-electron chi connectivity index (χ3n) is 4.55. The zero-order chi connectivity index (χ0) is 14.7. The van der Waals surface area contributed by atoms with Crippen molar-refractivity contribution in [3.05, 3.63) is 34.4 Å². The first kappa shape index (κ1) is 15.1. The second-order valence-corrected chi connectivity index (χ2v) is 6.31. The first-order chi connectivity index (χ1) is 9.49. The van der Waals surface area contributed by atoms with Gasteiger partial charge in [0.25, 0.3) is 0 Å². The summed E-state index contributed by atoms with van der Waals surface area (Å²) in [5.74, 6) is 0.330. The summed E-state index contributed by atoms with van der Waals surface area (Å²) in [5, 5.41) is 0. The van der Waals surface area contributed by atoms with Gasteiger partial charge in [-0.25, -0.2) is 0 Å². The molecule has 110 valence electrons. The Bertz CT molecular complexity index is 469. The number of amides is 1. The van der Waals surface area contributed by atoms with Crippen LogP contribution < -0.4 is 0 Å². The van der Waals surface area contributed by atoms with Crippen molar-refractivity contribution in [3.63, 3.8) is 0 Å². The largest absolute Gasteiger partial charge is 0.340 e. The molecule has 1 aromatic rings. The van der Waals surface area contributed by atoms with E-state index in [4.69, 9.17) is 0 Å². The Morgan fingerprint density at radius 1 is 1.20 bits per heavy atom. The van der Waals surface area contributed by atoms with Gasteiger partial charge in [0.15, 0.2) is 0 Å². The Kier molecular flexibility index (Phi) is 4.85. The highest BCUT2D eigenvalue weighted by atomic mass is 16.2. The molecule has 0 aromatic heterocycles. The van der Waals surface area contributed by atoms with Gasteiger partial charge in [0, 0.05) is 19.0 Å². The number of hydrogen-bond donors (Lipinski definition) is 0. The molecule has 2 nitrogen and oxygen atoms in total. The van der Waals surface area contributed by atoms with Crippen LogP contribution in [0, 0.1) is 20.8 Å². The predicted octanol–water partition coefficient (Wildman–Crippen LogP) is 3.95. The minimum Gasteiger partial charge on any atom is -0.340 e. The molecule has 1 aliphatic heterocycles. The van der Waals surface area contributed by atoms with Crippen molar-refractivity contribution in [2.75, 3.05) is 6.54 Å². The van der Waals surface area contributed by atoms with E-state index in [0.29, 0.717) is 18.4 Å². The van der Waals surface area contributed by atoms with Crippen molar-refractivity contribution in [1.29, 1.82) is 0 Å². The Morgan fingerprint density at radius 3 is 2.45 bits per heavy atom. The zero-order valence-corrected chi connectivity index (χ0v) is 13.3. The Morgan fingerprint density at radius 2 is 1.85 bits per heavy atom. The first-order valence-corrected chi connectivity index (χ1v) is 7.85. The van der Waals surface area contributed by atoms with Crippen LogP contribution in [0.15, 0.2) is 12.1 Å². The molecule has 0 unspecified atom stereocenters. The van der Waals surface area contributed by atoms with Gasteiger partial charge in [0.05, 0.1) is 0 Å². The first-order valence-electron chi connectivity index (χ1n) is 7.85. The van der Waals surface area contributed by atoms with Crippen molar-refractivity contribution in [2.45, 2.75) is 65.8 Å². The molecular formula is C18H27NO. The maximum absolute atomic E-state index is 12.4. The number of benzene rings is 1. The van der Waals surface area contributed by atoms with Gasteiger partial charge in [0.2, 0.25) is 5.91 Å². The van der Waals surface area contributed by atoms with Crippen LogP contribution in [0.3, 0.4) is 0 Å². The Labute approximate surface area is 123 Å². The van der Waals surface area contributed by atoms with Gasteiger partial charge in [-0.3, -0.25) is 4.79 Å². The van der Waals surface area contributed by atoms with Gasteiger partial charge in [-0.05, 0) is 70.1 Å². The number of nitrogens with zero attached hydrogens (tertiary/aromatic N) is 1. The monoisotopic (exact) mass is 273 g/mol. The lowest BCUT2D eigenvalue weighted by molar-refractivity contribution is -0.134. The highest BCUT2D eigenvalue weighted by molar-refractivity contribution is 5.77. The van der Waals surface area contributed by atoms with Gasteiger partial charge < -0.3 is 4.90 Å². The van der Waals surface area contributed by atoms with Crippen LogP contribution in [-0.2, 0) is 11.2 Å². The van der Waals surface area contributed by atoms with Gasteiger partial charge >= 0.3 is 0 Å². The maximum atomic E-state index is 12.4. The molecule has 0 spiro atoms. The molecule has 0 radical (unpaired) electrons. The number of piperidine rings is 1. The molecule has 1 aliphatic rings. The molecule has 1 saturated heterocycles. The van der Waals surface area contributed by atoms with E-state index in [9.17, 15) is 4.79 Å². The number of likely N-dealkylation sites (tertiary alicyclic amines) is 1. The van der Waals surface area contributed by atoms with E-state index >= 15 is 0 Å². The van der Waals surface area contributed by atoms with Crippen molar-refractivity contribution < 1.29 is 4.79 Å². The fourth-order valence-corrected chi connectivity index (χ4v) is 3.45. The average Bonchev–Trinajstić information content (AvgIpc) is 2.37. The Hall–Kier alpha value is -1.31. The molecule has 1 heterocycles. The maximum Gasteiger partial charge on any atom is 0.223 e. The van der Waals surface area contributed by atoms with Gasteiger partial charge in [-0.15, -0.1) is 0 Å². The summed E-state index contributed by atoms with van der Waals surface area (Å²) < 4.78 is 0. The molecule has 1 amide bonds. The molecule has 1 aromatic carbocycles. The van der Waals surface area contributed by atoms with Crippen LogP contribution in [0.1, 0.15) is 54.9 Å². The van der Waals surface area contributed by atoms with E-state index in [-0.39, 0.29) is 0 Å². The molecule has 0 saturated carbocycles. The van der Waals surface area contributed by atoms with Crippen LogP contribution in [0.4, 0.5) is 0 Å². The van der Waals surface area contributed by atoms with Gasteiger partial charge in [-0.2, -0.15) is 0 Å². The predicted molar refractivity (Wildman–Crippen MR) is 84.0 cm³/mol. The third kappa shape index (κ3) is 3.41. The van der Waals surface area contributed by atoms with Crippen LogP contribution >= 0.6 is 0 Å². The summed E-state index contributed by atoms with van der Waals surface area (Å²) >= 11 is 0. The molecule has 0 bridgehead atoms. The second kappa shape index (κ2) is 6.43. The number of carbonyl (C=O) groups excluding carboxylic acids is 1. The number of rotatable bonds is 3. The summed E-state index contributed by atoms with van der Waals surface area (Å²) in [6.07, 6.45) is 5.11. The van der Waals surface area contributed by atoms with E-state index in [0.717, 1.165) is 19.4 Å². The van der Waals surface area contributed by atoms with E-state index < -0.39 is 0 Å². The second-order valence-electron chi connectivity index (χ2n) is 6.31. The highest BCUT2D eigenvalue weighted by Gasteiger charge is 2.22. The lowest BCUT2D eigenvalue weighted by atomic mass is 9.95. The van der Waals surface area contributed by atoms with E-state index in [1.807, 2.05) is 0 Å². The van der Waals surface area contributed by atoms with Crippen LogP contribution in [0.2, 0.25) is 0 Å². The Balaban J connectivity index is 2.00. The lowest BCUT2D eigenvalue weighted by Gasteiger charge is -2.33. The smallest absolute Gasteiger partial charge is 0.223 e. The molecule has 1 fully saturated rings. The normalized spacial score (nSPS) is 19.2. The summed E-state index contributed by atoms with van der Waals surface area (Å²) in [7, 11) is 0. The van der Waals surface area contributed by atoms with Crippen LogP contribution in [0.25, 0.3) is 0 Å². The number of carbonyl (C=O) groups is 1. The topological polar surface area (TPSA) is 20.3 Å². The third-order valence-corrected chi connectivity index (χ3v) is 4.55.